The number of halogens is 1. The first-order chi connectivity index (χ1) is 18.3. The highest BCUT2D eigenvalue weighted by molar-refractivity contribution is 7.92. The SMILES string of the molecule is Cc1ccc(S(=O)(=O)N(CC(=O)N(Cc2ccccc2C)[C@H](C)C(=O)NC(C)C)c2ccc(Cl)cc2C)cc1. The van der Waals surface area contributed by atoms with Gasteiger partial charge in [-0.15, -0.1) is 0 Å². The molecule has 0 fully saturated rings. The lowest BCUT2D eigenvalue weighted by molar-refractivity contribution is -0.139. The van der Waals surface area contributed by atoms with Crippen LogP contribution in [0.4, 0.5) is 5.69 Å². The van der Waals surface area contributed by atoms with E-state index >= 15 is 0 Å². The Balaban J connectivity index is 2.08. The van der Waals surface area contributed by atoms with Gasteiger partial charge in [0.05, 0.1) is 10.6 Å². The molecule has 0 aromatic heterocycles. The lowest BCUT2D eigenvalue weighted by Crippen LogP contribution is -2.52. The lowest BCUT2D eigenvalue weighted by atomic mass is 10.1. The number of rotatable bonds is 10. The van der Waals surface area contributed by atoms with E-state index in [0.29, 0.717) is 16.3 Å². The van der Waals surface area contributed by atoms with Gasteiger partial charge < -0.3 is 10.2 Å². The van der Waals surface area contributed by atoms with Crippen LogP contribution in [0.5, 0.6) is 0 Å². The van der Waals surface area contributed by atoms with Gasteiger partial charge in [0.1, 0.15) is 12.6 Å². The zero-order valence-corrected chi connectivity index (χ0v) is 24.8. The number of amides is 2. The summed E-state index contributed by atoms with van der Waals surface area (Å²) < 4.78 is 29.0. The first-order valence-corrected chi connectivity index (χ1v) is 14.6. The third-order valence-electron chi connectivity index (χ3n) is 6.52. The standard InChI is InChI=1S/C30H36ClN3O4S/c1-20(2)32-30(36)24(6)33(18-25-10-8-7-9-22(25)4)29(35)19-34(28-16-13-26(31)17-23(28)5)39(37,38)27-14-11-21(3)12-15-27/h7-17,20,24H,18-19H2,1-6H3,(H,32,36)/t24-/m1/s1. The van der Waals surface area contributed by atoms with Gasteiger partial charge in [-0.3, -0.25) is 13.9 Å². The van der Waals surface area contributed by atoms with E-state index in [0.717, 1.165) is 21.0 Å². The van der Waals surface area contributed by atoms with Crippen molar-refractivity contribution in [2.45, 2.75) is 65.1 Å². The zero-order valence-electron chi connectivity index (χ0n) is 23.2. The summed E-state index contributed by atoms with van der Waals surface area (Å²) in [5.41, 5.74) is 3.68. The van der Waals surface area contributed by atoms with E-state index < -0.39 is 28.5 Å². The molecule has 1 atom stereocenters. The number of aryl methyl sites for hydroxylation is 3. The van der Waals surface area contributed by atoms with Crippen LogP contribution in [0.15, 0.2) is 71.6 Å². The second-order valence-electron chi connectivity index (χ2n) is 10.0. The molecule has 7 nitrogen and oxygen atoms in total. The number of sulfonamides is 1. The van der Waals surface area contributed by atoms with E-state index in [1.54, 1.807) is 44.2 Å². The first kappa shape index (κ1) is 30.2. The van der Waals surface area contributed by atoms with Crippen molar-refractivity contribution >= 4 is 39.1 Å². The summed E-state index contributed by atoms with van der Waals surface area (Å²) in [6, 6.07) is 18.0. The summed E-state index contributed by atoms with van der Waals surface area (Å²) in [5, 5.41) is 3.31. The molecule has 2 amide bonds. The Kier molecular flexibility index (Phi) is 9.80. The third kappa shape index (κ3) is 7.40. The maximum Gasteiger partial charge on any atom is 0.264 e. The molecule has 0 unspecified atom stereocenters. The molecule has 0 heterocycles. The Morgan fingerprint density at radius 3 is 2.13 bits per heavy atom. The second kappa shape index (κ2) is 12.7. The smallest absolute Gasteiger partial charge is 0.264 e. The normalized spacial score (nSPS) is 12.2. The van der Waals surface area contributed by atoms with Gasteiger partial charge in [-0.1, -0.05) is 53.6 Å². The molecule has 1 N–H and O–H groups in total. The predicted molar refractivity (Wildman–Crippen MR) is 156 cm³/mol. The average molecular weight is 570 g/mol. The minimum absolute atomic E-state index is 0.0614. The van der Waals surface area contributed by atoms with Crippen molar-refractivity contribution in [1.82, 2.24) is 10.2 Å². The molecule has 9 heteroatoms. The summed E-state index contributed by atoms with van der Waals surface area (Å²) in [6.45, 7) is 10.5. The van der Waals surface area contributed by atoms with Crippen LogP contribution in [-0.2, 0) is 26.2 Å². The van der Waals surface area contributed by atoms with E-state index in [4.69, 9.17) is 11.6 Å². The Morgan fingerprint density at radius 1 is 0.897 bits per heavy atom. The maximum atomic E-state index is 14.0. The molecule has 0 radical (unpaired) electrons. The van der Waals surface area contributed by atoms with Crippen LogP contribution in [0, 0.1) is 20.8 Å². The minimum atomic E-state index is -4.14. The molecule has 208 valence electrons. The highest BCUT2D eigenvalue weighted by atomic mass is 35.5. The fourth-order valence-electron chi connectivity index (χ4n) is 4.21. The van der Waals surface area contributed by atoms with Gasteiger partial charge in [-0.05, 0) is 88.6 Å². The van der Waals surface area contributed by atoms with Crippen molar-refractivity contribution < 1.29 is 18.0 Å². The van der Waals surface area contributed by atoms with Gasteiger partial charge in [-0.25, -0.2) is 8.42 Å². The molecular weight excluding hydrogens is 534 g/mol. The van der Waals surface area contributed by atoms with Crippen molar-refractivity contribution in [1.29, 1.82) is 0 Å². The number of nitrogens with one attached hydrogen (secondary N) is 1. The van der Waals surface area contributed by atoms with Crippen molar-refractivity contribution in [2.24, 2.45) is 0 Å². The number of hydrogen-bond donors (Lipinski definition) is 1. The summed E-state index contributed by atoms with van der Waals surface area (Å²) in [5.74, 6) is -0.822. The van der Waals surface area contributed by atoms with Crippen LogP contribution in [0.2, 0.25) is 5.02 Å². The zero-order chi connectivity index (χ0) is 28.9. The van der Waals surface area contributed by atoms with E-state index in [1.165, 1.54) is 17.0 Å². The number of carbonyl (C=O) groups excluding carboxylic acids is 2. The van der Waals surface area contributed by atoms with Crippen LogP contribution >= 0.6 is 11.6 Å². The van der Waals surface area contributed by atoms with E-state index in [1.807, 2.05) is 52.0 Å². The van der Waals surface area contributed by atoms with Crippen LogP contribution in [0.3, 0.4) is 0 Å². The molecule has 3 aromatic carbocycles. The van der Waals surface area contributed by atoms with Gasteiger partial charge in [0.25, 0.3) is 10.0 Å². The molecule has 0 aliphatic rings. The Hall–Kier alpha value is -3.36. The molecule has 39 heavy (non-hydrogen) atoms. The molecule has 0 saturated heterocycles. The number of nitrogens with zero attached hydrogens (tertiary/aromatic N) is 2. The predicted octanol–water partition coefficient (Wildman–Crippen LogP) is 5.40. The summed E-state index contributed by atoms with van der Waals surface area (Å²) in [7, 11) is -4.14. The molecule has 0 aliphatic heterocycles. The molecule has 0 spiro atoms. The quantitative estimate of drug-likeness (QED) is 0.354. The Morgan fingerprint density at radius 2 is 1.54 bits per heavy atom. The van der Waals surface area contributed by atoms with Gasteiger partial charge in [0, 0.05) is 17.6 Å². The van der Waals surface area contributed by atoms with E-state index in [-0.39, 0.29) is 23.4 Å². The number of anilines is 1. The van der Waals surface area contributed by atoms with Gasteiger partial charge in [0.15, 0.2) is 0 Å². The van der Waals surface area contributed by atoms with Crippen molar-refractivity contribution in [2.75, 3.05) is 10.8 Å². The fraction of sp³-hybridized carbons (Fsp3) is 0.333. The first-order valence-electron chi connectivity index (χ1n) is 12.8. The summed E-state index contributed by atoms with van der Waals surface area (Å²) in [4.78, 5) is 28.5. The van der Waals surface area contributed by atoms with Gasteiger partial charge in [-0.2, -0.15) is 0 Å². The highest BCUT2D eigenvalue weighted by Crippen LogP contribution is 2.29. The third-order valence-corrected chi connectivity index (χ3v) is 8.52. The minimum Gasteiger partial charge on any atom is -0.352 e. The average Bonchev–Trinajstić information content (AvgIpc) is 2.86. The molecule has 0 bridgehead atoms. The van der Waals surface area contributed by atoms with Crippen molar-refractivity contribution in [3.63, 3.8) is 0 Å². The van der Waals surface area contributed by atoms with Gasteiger partial charge in [0.2, 0.25) is 11.8 Å². The molecule has 3 aromatic rings. The molecule has 3 rings (SSSR count). The summed E-state index contributed by atoms with van der Waals surface area (Å²) >= 11 is 6.16. The second-order valence-corrected chi connectivity index (χ2v) is 12.3. The Bertz CT molecular complexity index is 1440. The Labute approximate surface area is 236 Å². The maximum absolute atomic E-state index is 14.0. The van der Waals surface area contributed by atoms with E-state index in [9.17, 15) is 18.0 Å². The molecule has 0 saturated carbocycles. The van der Waals surface area contributed by atoms with E-state index in [2.05, 4.69) is 5.32 Å². The van der Waals surface area contributed by atoms with Crippen LogP contribution in [0.25, 0.3) is 0 Å². The summed E-state index contributed by atoms with van der Waals surface area (Å²) in [6.07, 6.45) is 0. The highest BCUT2D eigenvalue weighted by Gasteiger charge is 2.33. The van der Waals surface area contributed by atoms with Crippen LogP contribution < -0.4 is 9.62 Å². The largest absolute Gasteiger partial charge is 0.352 e. The molecular formula is C30H36ClN3O4S. The topological polar surface area (TPSA) is 86.8 Å². The van der Waals surface area contributed by atoms with Crippen LogP contribution in [-0.4, -0.2) is 43.8 Å². The number of carbonyl (C=O) groups is 2. The number of hydrogen-bond acceptors (Lipinski definition) is 4. The van der Waals surface area contributed by atoms with Crippen molar-refractivity contribution in [3.8, 4) is 0 Å². The molecule has 0 aliphatic carbocycles. The van der Waals surface area contributed by atoms with Gasteiger partial charge >= 0.3 is 0 Å². The number of benzene rings is 3. The monoisotopic (exact) mass is 569 g/mol. The fourth-order valence-corrected chi connectivity index (χ4v) is 5.91. The van der Waals surface area contributed by atoms with Crippen LogP contribution in [0.1, 0.15) is 43.0 Å². The van der Waals surface area contributed by atoms with Crippen molar-refractivity contribution in [3.05, 3.63) is 94.0 Å². The lowest BCUT2D eigenvalue weighted by Gasteiger charge is -2.33.